The van der Waals surface area contributed by atoms with Gasteiger partial charge in [0.25, 0.3) is 5.91 Å². The van der Waals surface area contributed by atoms with E-state index in [0.29, 0.717) is 17.7 Å². The van der Waals surface area contributed by atoms with Crippen molar-refractivity contribution in [1.29, 1.82) is 0 Å². The highest BCUT2D eigenvalue weighted by molar-refractivity contribution is 5.94. The number of amides is 2. The molecule has 1 aliphatic rings. The van der Waals surface area contributed by atoms with Crippen LogP contribution in [0.2, 0.25) is 0 Å². The van der Waals surface area contributed by atoms with Crippen molar-refractivity contribution in [3.05, 3.63) is 82.4 Å². The summed E-state index contributed by atoms with van der Waals surface area (Å²) < 4.78 is 13.1. The summed E-state index contributed by atoms with van der Waals surface area (Å²) >= 11 is 0. The molecule has 2 aromatic carbocycles. The van der Waals surface area contributed by atoms with Crippen LogP contribution in [0.5, 0.6) is 0 Å². The van der Waals surface area contributed by atoms with E-state index in [2.05, 4.69) is 12.1 Å². The summed E-state index contributed by atoms with van der Waals surface area (Å²) in [4.78, 5) is 25.9. The van der Waals surface area contributed by atoms with Gasteiger partial charge in [-0.2, -0.15) is 0 Å². The van der Waals surface area contributed by atoms with Crippen molar-refractivity contribution in [2.45, 2.75) is 44.6 Å². The number of hydrogen-bond donors (Lipinski definition) is 4. The molecule has 9 heteroatoms. The highest BCUT2D eigenvalue weighted by Gasteiger charge is 2.20. The van der Waals surface area contributed by atoms with Crippen LogP contribution in [-0.4, -0.2) is 46.6 Å². The average molecular weight is 470 g/mol. The molecule has 0 spiro atoms. The van der Waals surface area contributed by atoms with Gasteiger partial charge in [-0.05, 0) is 73.1 Å². The van der Waals surface area contributed by atoms with Crippen LogP contribution >= 0.6 is 0 Å². The number of hydroxylamine groups is 1. The van der Waals surface area contributed by atoms with Gasteiger partial charge in [-0.25, -0.2) is 15.7 Å². The van der Waals surface area contributed by atoms with Gasteiger partial charge in [0.2, 0.25) is 5.91 Å². The Labute approximate surface area is 198 Å². The maximum absolute atomic E-state index is 13.1. The van der Waals surface area contributed by atoms with E-state index in [1.54, 1.807) is 12.5 Å². The molecule has 1 unspecified atom stereocenters. The van der Waals surface area contributed by atoms with Gasteiger partial charge < -0.3 is 15.6 Å². The summed E-state index contributed by atoms with van der Waals surface area (Å²) in [5.74, 6) is 4.96. The topological polar surface area (TPSA) is 125 Å². The molecule has 0 saturated carbocycles. The van der Waals surface area contributed by atoms with Crippen LogP contribution < -0.4 is 17.1 Å². The predicted molar refractivity (Wildman–Crippen MR) is 127 cm³/mol. The molecule has 0 saturated heterocycles. The van der Waals surface area contributed by atoms with Crippen LogP contribution in [0.15, 0.2) is 54.4 Å². The van der Waals surface area contributed by atoms with Crippen LogP contribution in [0.1, 0.15) is 46.3 Å². The standard InChI is InChI=1S/C25H32FN5O3/c1-30(25(33)19-8-10-21(26)11-9-19)15-22(27)16-31(28)23(14-24(32)29-34)13-17-6-7-18-4-2-3-5-20(18)12-17/h6-12,16,23,34H,2-5,13-15,27-28H2,1H3,(H,29,32)/b22-16-. The highest BCUT2D eigenvalue weighted by atomic mass is 19.1. The number of rotatable bonds is 9. The molecule has 0 aromatic heterocycles. The van der Waals surface area contributed by atoms with Gasteiger partial charge in [0.1, 0.15) is 5.82 Å². The summed E-state index contributed by atoms with van der Waals surface area (Å²) in [6, 6.07) is 11.1. The number of carbonyl (C=O) groups is 2. The minimum atomic E-state index is -0.561. The number of nitrogens with two attached hydrogens (primary N) is 2. The molecule has 0 bridgehead atoms. The van der Waals surface area contributed by atoms with E-state index >= 15 is 0 Å². The number of hydrogen-bond acceptors (Lipinski definition) is 6. The number of hydrazine groups is 1. The van der Waals surface area contributed by atoms with Gasteiger partial charge in [-0.1, -0.05) is 18.2 Å². The zero-order valence-corrected chi connectivity index (χ0v) is 19.3. The molecule has 0 heterocycles. The third-order valence-electron chi connectivity index (χ3n) is 6.02. The lowest BCUT2D eigenvalue weighted by molar-refractivity contribution is -0.130. The first-order valence-electron chi connectivity index (χ1n) is 11.3. The second kappa shape index (κ2) is 11.6. The molecule has 3 rings (SSSR count). The van der Waals surface area contributed by atoms with Crippen molar-refractivity contribution < 1.29 is 19.2 Å². The smallest absolute Gasteiger partial charge is 0.253 e. The lowest BCUT2D eigenvalue weighted by Crippen LogP contribution is -2.42. The SMILES string of the molecule is CN(C/C(N)=C/N(N)C(CC(=O)NO)Cc1ccc2c(c1)CCCC2)C(=O)c1ccc(F)cc1. The molecule has 8 nitrogen and oxygen atoms in total. The zero-order valence-electron chi connectivity index (χ0n) is 19.3. The van der Waals surface area contributed by atoms with Crippen molar-refractivity contribution in [3.8, 4) is 0 Å². The van der Waals surface area contributed by atoms with Crippen molar-refractivity contribution in [2.24, 2.45) is 11.6 Å². The Morgan fingerprint density at radius 2 is 1.82 bits per heavy atom. The average Bonchev–Trinajstić information content (AvgIpc) is 2.83. The van der Waals surface area contributed by atoms with E-state index in [0.717, 1.165) is 18.4 Å². The number of nitrogens with zero attached hydrogens (tertiary/aromatic N) is 2. The summed E-state index contributed by atoms with van der Waals surface area (Å²) in [5, 5.41) is 10.4. The van der Waals surface area contributed by atoms with Gasteiger partial charge in [0, 0.05) is 24.5 Å². The monoisotopic (exact) mass is 469 g/mol. The van der Waals surface area contributed by atoms with E-state index in [-0.39, 0.29) is 18.9 Å². The van der Waals surface area contributed by atoms with Crippen LogP contribution in [-0.2, 0) is 24.1 Å². The maximum atomic E-state index is 13.1. The van der Waals surface area contributed by atoms with E-state index < -0.39 is 17.8 Å². The molecule has 0 fully saturated rings. The number of halogens is 1. The molecule has 1 atom stereocenters. The number of nitrogens with one attached hydrogen (secondary N) is 1. The van der Waals surface area contributed by atoms with E-state index in [9.17, 15) is 14.0 Å². The fourth-order valence-corrected chi connectivity index (χ4v) is 4.22. The number of likely N-dealkylation sites (N-methyl/N-ethyl adjacent to an activating group) is 1. The van der Waals surface area contributed by atoms with Crippen molar-refractivity contribution in [2.75, 3.05) is 13.6 Å². The Morgan fingerprint density at radius 3 is 2.50 bits per heavy atom. The van der Waals surface area contributed by atoms with Crippen molar-refractivity contribution in [1.82, 2.24) is 15.4 Å². The summed E-state index contributed by atoms with van der Waals surface area (Å²) in [6.45, 7) is 0.0850. The van der Waals surface area contributed by atoms with Crippen molar-refractivity contribution >= 4 is 11.8 Å². The molecule has 0 radical (unpaired) electrons. The van der Waals surface area contributed by atoms with E-state index in [4.69, 9.17) is 16.8 Å². The number of benzene rings is 2. The third kappa shape index (κ3) is 6.79. The minimum absolute atomic E-state index is 0.0434. The summed E-state index contributed by atoms with van der Waals surface area (Å²) in [5.41, 5.74) is 12.2. The lowest BCUT2D eigenvalue weighted by Gasteiger charge is -2.27. The third-order valence-corrected chi connectivity index (χ3v) is 6.02. The predicted octanol–water partition coefficient (Wildman–Crippen LogP) is 2.26. The van der Waals surface area contributed by atoms with Gasteiger partial charge in [-0.3, -0.25) is 14.8 Å². The Bertz CT molecular complexity index is 1040. The van der Waals surface area contributed by atoms with Gasteiger partial charge in [0.15, 0.2) is 0 Å². The Balaban J connectivity index is 1.69. The number of aryl methyl sites for hydroxylation is 2. The molecule has 2 aromatic rings. The molecule has 2 amide bonds. The molecule has 1 aliphatic carbocycles. The molecule has 34 heavy (non-hydrogen) atoms. The first-order valence-corrected chi connectivity index (χ1v) is 11.3. The fraction of sp³-hybridized carbons (Fsp3) is 0.360. The molecule has 0 aliphatic heterocycles. The molecular formula is C25H32FN5O3. The van der Waals surface area contributed by atoms with E-state index in [1.807, 2.05) is 6.07 Å². The van der Waals surface area contributed by atoms with Gasteiger partial charge in [0.05, 0.1) is 19.0 Å². The van der Waals surface area contributed by atoms with Crippen LogP contribution in [0, 0.1) is 5.82 Å². The lowest BCUT2D eigenvalue weighted by atomic mass is 9.89. The largest absolute Gasteiger partial charge is 0.399 e. The molecule has 6 N–H and O–H groups in total. The highest BCUT2D eigenvalue weighted by Crippen LogP contribution is 2.23. The first-order chi connectivity index (χ1) is 16.3. The van der Waals surface area contributed by atoms with Crippen LogP contribution in [0.25, 0.3) is 0 Å². The zero-order chi connectivity index (χ0) is 24.7. The Kier molecular flexibility index (Phi) is 8.61. The van der Waals surface area contributed by atoms with Crippen LogP contribution in [0.4, 0.5) is 4.39 Å². The molecule has 182 valence electrons. The van der Waals surface area contributed by atoms with Gasteiger partial charge >= 0.3 is 0 Å². The Morgan fingerprint density at radius 1 is 1.15 bits per heavy atom. The normalized spacial score (nSPS) is 14.2. The maximum Gasteiger partial charge on any atom is 0.253 e. The van der Waals surface area contributed by atoms with Crippen molar-refractivity contribution in [3.63, 3.8) is 0 Å². The van der Waals surface area contributed by atoms with Crippen LogP contribution in [0.3, 0.4) is 0 Å². The van der Waals surface area contributed by atoms with E-state index in [1.165, 1.54) is 64.3 Å². The quantitative estimate of drug-likeness (QED) is 0.254. The fourth-order valence-electron chi connectivity index (χ4n) is 4.22. The number of carbonyl (C=O) groups excluding carboxylic acids is 2. The number of fused-ring (bicyclic) bond motifs is 1. The minimum Gasteiger partial charge on any atom is -0.399 e. The molecular weight excluding hydrogens is 437 g/mol. The Hall–Kier alpha value is -3.43. The summed E-state index contributed by atoms with van der Waals surface area (Å²) in [7, 11) is 1.58. The van der Waals surface area contributed by atoms with Gasteiger partial charge in [-0.15, -0.1) is 0 Å². The second-order valence-corrected chi connectivity index (χ2v) is 8.73. The second-order valence-electron chi connectivity index (χ2n) is 8.73. The first kappa shape index (κ1) is 25.2. The summed E-state index contributed by atoms with van der Waals surface area (Å²) in [6.07, 6.45) is 6.41.